The summed E-state index contributed by atoms with van der Waals surface area (Å²) in [5, 5.41) is 14.1. The van der Waals surface area contributed by atoms with Crippen LogP contribution in [0.5, 0.6) is 5.75 Å². The van der Waals surface area contributed by atoms with E-state index in [-0.39, 0.29) is 6.61 Å². The number of benzene rings is 1. The van der Waals surface area contributed by atoms with E-state index in [0.717, 1.165) is 25.0 Å². The second-order valence-corrected chi connectivity index (χ2v) is 10.5. The number of nitrogens with zero attached hydrogens (tertiary/aromatic N) is 5. The molecule has 12 nitrogen and oxygen atoms in total. The highest BCUT2D eigenvalue weighted by molar-refractivity contribution is 7.89. The Bertz CT molecular complexity index is 1300. The monoisotopic (exact) mass is 532 g/mol. The molecule has 0 aliphatic carbocycles. The molecule has 200 valence electrons. The maximum Gasteiger partial charge on any atom is 0.299 e. The number of H-pyrrole nitrogens is 1. The van der Waals surface area contributed by atoms with Crippen molar-refractivity contribution in [2.45, 2.75) is 50.8 Å². The van der Waals surface area contributed by atoms with Crippen LogP contribution < -0.4 is 10.3 Å². The van der Waals surface area contributed by atoms with Gasteiger partial charge in [0.15, 0.2) is 10.4 Å². The molecule has 1 N–H and O–H groups in total. The molecule has 0 amide bonds. The molecule has 1 fully saturated rings. The van der Waals surface area contributed by atoms with E-state index in [1.54, 1.807) is 29.9 Å². The summed E-state index contributed by atoms with van der Waals surface area (Å²) in [4.78, 5) is 35.9. The predicted octanol–water partition coefficient (Wildman–Crippen LogP) is 3.01. The van der Waals surface area contributed by atoms with E-state index in [1.807, 2.05) is 11.2 Å². The number of hydrogen-bond donors (Lipinski definition) is 1. The molecule has 1 aliphatic rings. The van der Waals surface area contributed by atoms with Crippen molar-refractivity contribution in [1.82, 2.24) is 24.1 Å². The quantitative estimate of drug-likeness (QED) is 0.223. The molecule has 0 bridgehead atoms. The van der Waals surface area contributed by atoms with Gasteiger partial charge in [-0.25, -0.2) is 0 Å². The maximum absolute atomic E-state index is 13.5. The highest BCUT2D eigenvalue weighted by Crippen LogP contribution is 2.33. The van der Waals surface area contributed by atoms with Crippen LogP contribution in [0.25, 0.3) is 22.4 Å². The van der Waals surface area contributed by atoms with Gasteiger partial charge in [-0.05, 0) is 50.7 Å². The number of fused-ring (bicyclic) bond motifs is 1. The molecular formula is C24H32N6O6S. The zero-order valence-electron chi connectivity index (χ0n) is 21.3. The number of rotatable bonds is 11. The lowest BCUT2D eigenvalue weighted by Crippen LogP contribution is -2.38. The van der Waals surface area contributed by atoms with Crippen LogP contribution in [0, 0.1) is 16.0 Å². The number of ether oxygens (including phenoxy) is 1. The number of hydrogen-bond acceptors (Lipinski definition) is 9. The summed E-state index contributed by atoms with van der Waals surface area (Å²) in [6.07, 6.45) is 3.76. The Labute approximate surface area is 217 Å². The van der Waals surface area contributed by atoms with Gasteiger partial charge in [0.2, 0.25) is 0 Å². The minimum atomic E-state index is -1.43. The van der Waals surface area contributed by atoms with Crippen LogP contribution in [0.1, 0.15) is 45.2 Å². The fourth-order valence-corrected chi connectivity index (χ4v) is 5.93. The Kier molecular flexibility index (Phi) is 8.67. The third-order valence-electron chi connectivity index (χ3n) is 6.50. The van der Waals surface area contributed by atoms with Crippen molar-refractivity contribution in [1.29, 1.82) is 0 Å². The topological polar surface area (TPSA) is 151 Å². The van der Waals surface area contributed by atoms with E-state index in [4.69, 9.17) is 4.74 Å². The first kappa shape index (κ1) is 26.9. The molecule has 3 heterocycles. The third-order valence-corrected chi connectivity index (χ3v) is 8.00. The lowest BCUT2D eigenvalue weighted by atomic mass is 9.95. The molecule has 0 spiro atoms. The minimum absolute atomic E-state index is 0.0788. The van der Waals surface area contributed by atoms with Gasteiger partial charge in [0.1, 0.15) is 11.6 Å². The number of aromatic amines is 1. The van der Waals surface area contributed by atoms with Crippen molar-refractivity contribution in [2.75, 3.05) is 26.3 Å². The summed E-state index contributed by atoms with van der Waals surface area (Å²) in [5.41, 5.74) is 2.03. The van der Waals surface area contributed by atoms with Gasteiger partial charge in [0, 0.05) is 26.2 Å². The lowest BCUT2D eigenvalue weighted by Gasteiger charge is -2.31. The van der Waals surface area contributed by atoms with Gasteiger partial charge >= 0.3 is 0 Å². The summed E-state index contributed by atoms with van der Waals surface area (Å²) < 4.78 is 22.7. The van der Waals surface area contributed by atoms with Crippen molar-refractivity contribution >= 4 is 22.4 Å². The molecule has 37 heavy (non-hydrogen) atoms. The smallest absolute Gasteiger partial charge is 0.299 e. The van der Waals surface area contributed by atoms with Gasteiger partial charge in [-0.1, -0.05) is 13.3 Å². The molecule has 0 radical (unpaired) electrons. The number of aromatic nitrogens is 4. The van der Waals surface area contributed by atoms with Crippen molar-refractivity contribution in [3.05, 3.63) is 44.4 Å². The fourth-order valence-electron chi connectivity index (χ4n) is 4.69. The highest BCUT2D eigenvalue weighted by Gasteiger charge is 2.30. The van der Waals surface area contributed by atoms with Crippen LogP contribution in [0.3, 0.4) is 0 Å². The van der Waals surface area contributed by atoms with Crippen molar-refractivity contribution in [2.24, 2.45) is 13.0 Å². The molecule has 13 heteroatoms. The predicted molar refractivity (Wildman–Crippen MR) is 138 cm³/mol. The molecule has 1 aliphatic heterocycles. The normalized spacial score (nSPS) is 15.7. The van der Waals surface area contributed by atoms with Gasteiger partial charge in [-0.15, -0.1) is 14.4 Å². The van der Waals surface area contributed by atoms with E-state index in [9.17, 15) is 19.5 Å². The van der Waals surface area contributed by atoms with Crippen LogP contribution >= 0.6 is 0 Å². The van der Waals surface area contributed by atoms with Crippen LogP contribution in [-0.4, -0.2) is 60.0 Å². The summed E-state index contributed by atoms with van der Waals surface area (Å²) in [7, 11) is 1.73. The first-order chi connectivity index (χ1) is 17.8. The molecule has 1 unspecified atom stereocenters. The van der Waals surface area contributed by atoms with E-state index in [2.05, 4.69) is 26.8 Å². The van der Waals surface area contributed by atoms with E-state index in [1.165, 1.54) is 0 Å². The first-order valence-corrected chi connectivity index (χ1v) is 13.6. The molecule has 0 saturated carbocycles. The summed E-state index contributed by atoms with van der Waals surface area (Å²) in [6, 6.07) is 5.29. The summed E-state index contributed by atoms with van der Waals surface area (Å²) in [5.74, 6) is 1.17. The maximum atomic E-state index is 13.5. The zero-order valence-corrected chi connectivity index (χ0v) is 22.1. The van der Waals surface area contributed by atoms with Crippen LogP contribution in [0.4, 0.5) is 0 Å². The van der Waals surface area contributed by atoms with Gasteiger partial charge in [0.25, 0.3) is 10.6 Å². The minimum Gasteiger partial charge on any atom is -0.593 e. The van der Waals surface area contributed by atoms with Crippen molar-refractivity contribution < 1.29 is 19.2 Å². The Morgan fingerprint density at radius 2 is 2.03 bits per heavy atom. The number of aryl methyl sites for hydroxylation is 2. The highest BCUT2D eigenvalue weighted by atomic mass is 32.2. The van der Waals surface area contributed by atoms with Gasteiger partial charge in [0.05, 0.1) is 41.3 Å². The SMILES string of the molecule is CCCc1nn(C)c2c(=O)nc(-c3cc([S+]([O-])N4CCC(CCO[N+](=O)[O-])CC4)ccc3OCC)[nH]c12. The zero-order chi connectivity index (χ0) is 26.5. The van der Waals surface area contributed by atoms with Crippen LogP contribution in [0.15, 0.2) is 27.9 Å². The second kappa shape index (κ2) is 11.9. The second-order valence-electron chi connectivity index (χ2n) is 8.99. The Hall–Kier alpha value is -3.16. The van der Waals surface area contributed by atoms with Gasteiger partial charge < -0.3 is 19.1 Å². The Balaban J connectivity index is 1.60. The van der Waals surface area contributed by atoms with E-state index in [0.29, 0.717) is 71.5 Å². The van der Waals surface area contributed by atoms with Crippen molar-refractivity contribution in [3.63, 3.8) is 0 Å². The lowest BCUT2D eigenvalue weighted by molar-refractivity contribution is -0.758. The van der Waals surface area contributed by atoms with Gasteiger partial charge in [-0.3, -0.25) is 9.48 Å². The summed E-state index contributed by atoms with van der Waals surface area (Å²) in [6.45, 7) is 5.64. The fraction of sp³-hybridized carbons (Fsp3) is 0.542. The molecule has 3 aromatic rings. The number of piperidine rings is 1. The van der Waals surface area contributed by atoms with Crippen molar-refractivity contribution in [3.8, 4) is 17.1 Å². The van der Waals surface area contributed by atoms with Gasteiger partial charge in [-0.2, -0.15) is 10.1 Å². The Morgan fingerprint density at radius 3 is 2.70 bits per heavy atom. The molecular weight excluding hydrogens is 500 g/mol. The molecule has 1 aromatic carbocycles. The van der Waals surface area contributed by atoms with E-state index < -0.39 is 22.0 Å². The summed E-state index contributed by atoms with van der Waals surface area (Å²) >= 11 is -1.43. The van der Waals surface area contributed by atoms with Crippen LogP contribution in [0.2, 0.25) is 0 Å². The first-order valence-electron chi connectivity index (χ1n) is 12.5. The van der Waals surface area contributed by atoms with E-state index >= 15 is 0 Å². The standard InChI is InChI=1S/C24H32N6O6S/c1-4-6-19-21-22(28(3)27-19)24(31)26-23(25-21)18-15-17(7-8-20(18)35-5-2)37(34)29-12-9-16(10-13-29)11-14-36-30(32)33/h7-8,15-16H,4-6,9-14H2,1-3H3,(H,25,26,31). The molecule has 4 rings (SSSR count). The molecule has 1 atom stereocenters. The van der Waals surface area contributed by atoms with Crippen LogP contribution in [-0.2, 0) is 29.7 Å². The number of nitrogens with one attached hydrogen (secondary N) is 1. The molecule has 2 aromatic heterocycles. The molecule has 1 saturated heterocycles. The Morgan fingerprint density at radius 1 is 1.27 bits per heavy atom. The largest absolute Gasteiger partial charge is 0.593 e. The average Bonchev–Trinajstić information content (AvgIpc) is 3.20. The average molecular weight is 533 g/mol. The third kappa shape index (κ3) is 6.05.